The van der Waals surface area contributed by atoms with Crippen molar-refractivity contribution in [3.8, 4) is 0 Å². The highest BCUT2D eigenvalue weighted by molar-refractivity contribution is 6.07. The van der Waals surface area contributed by atoms with E-state index in [2.05, 4.69) is 84.1 Å². The monoisotopic (exact) mass is 422 g/mol. The van der Waals surface area contributed by atoms with Crippen molar-refractivity contribution in [3.05, 3.63) is 96.2 Å². The van der Waals surface area contributed by atoms with Crippen LogP contribution in [0.1, 0.15) is 50.9 Å². The van der Waals surface area contributed by atoms with E-state index in [9.17, 15) is 0 Å². The van der Waals surface area contributed by atoms with Gasteiger partial charge in [-0.05, 0) is 49.2 Å². The van der Waals surface area contributed by atoms with Gasteiger partial charge in [0, 0.05) is 44.0 Å². The van der Waals surface area contributed by atoms with Gasteiger partial charge in [0.1, 0.15) is 0 Å². The quantitative estimate of drug-likeness (QED) is 0.289. The highest BCUT2D eigenvalue weighted by atomic mass is 14.7. The molecule has 3 aromatic carbocycles. The highest BCUT2D eigenvalue weighted by Gasteiger charge is 2.05. The van der Waals surface area contributed by atoms with Gasteiger partial charge in [-0.25, -0.2) is 0 Å². The number of aryl methyl sites for hydroxylation is 1. The lowest BCUT2D eigenvalue weighted by Crippen LogP contribution is -1.81. The number of rotatable bonds is 4. The van der Waals surface area contributed by atoms with Gasteiger partial charge in [-0.2, -0.15) is 0 Å². The molecule has 0 aliphatic rings. The Morgan fingerprint density at radius 3 is 2.06 bits per heavy atom. The van der Waals surface area contributed by atoms with Crippen LogP contribution in [0.25, 0.3) is 44.9 Å². The first-order chi connectivity index (χ1) is 15.7. The van der Waals surface area contributed by atoms with Crippen LogP contribution in [0.15, 0.2) is 79.4 Å². The number of para-hydroxylation sites is 2. The lowest BCUT2D eigenvalue weighted by molar-refractivity contribution is 0.924. The van der Waals surface area contributed by atoms with Crippen molar-refractivity contribution >= 4 is 44.9 Å². The Bertz CT molecular complexity index is 1330. The molecule has 5 aromatic rings. The van der Waals surface area contributed by atoms with Crippen LogP contribution in [0.3, 0.4) is 0 Å². The van der Waals surface area contributed by atoms with Crippen molar-refractivity contribution in [2.75, 3.05) is 0 Å². The summed E-state index contributed by atoms with van der Waals surface area (Å²) < 4.78 is 0. The van der Waals surface area contributed by atoms with Crippen molar-refractivity contribution in [2.24, 2.45) is 0 Å². The molecule has 0 amide bonds. The highest BCUT2D eigenvalue weighted by Crippen LogP contribution is 2.26. The minimum atomic E-state index is 1.13. The van der Waals surface area contributed by atoms with E-state index in [1.807, 2.05) is 45.1 Å². The summed E-state index contributed by atoms with van der Waals surface area (Å²) in [5.41, 5.74) is 7.37. The molecule has 0 fully saturated rings. The second-order valence-corrected chi connectivity index (χ2v) is 7.50. The van der Waals surface area contributed by atoms with E-state index in [-0.39, 0.29) is 0 Å². The Labute approximate surface area is 191 Å². The summed E-state index contributed by atoms with van der Waals surface area (Å²) in [5.74, 6) is 0. The van der Waals surface area contributed by atoms with Crippen molar-refractivity contribution in [3.63, 3.8) is 0 Å². The zero-order chi connectivity index (χ0) is 22.9. The molecule has 32 heavy (non-hydrogen) atoms. The second-order valence-electron chi connectivity index (χ2n) is 7.50. The fourth-order valence-electron chi connectivity index (χ4n) is 4.04. The molecule has 0 atom stereocenters. The van der Waals surface area contributed by atoms with E-state index >= 15 is 0 Å². The predicted octanol–water partition coefficient (Wildman–Crippen LogP) is 9.14. The minimum absolute atomic E-state index is 1.13. The van der Waals surface area contributed by atoms with Gasteiger partial charge in [0.25, 0.3) is 0 Å². The average Bonchev–Trinajstić information content (AvgIpc) is 3.38. The molecule has 5 rings (SSSR count). The van der Waals surface area contributed by atoms with Crippen molar-refractivity contribution in [2.45, 2.75) is 40.5 Å². The lowest BCUT2D eigenvalue weighted by atomic mass is 10.1. The molecule has 2 heterocycles. The Morgan fingerprint density at radius 1 is 0.781 bits per heavy atom. The molecule has 2 N–H and O–H groups in total. The SMILES string of the molecule is C=Cc1c(/C=C\C)[nH]c2ccccc12.CC.CCCc1ccc2[nH]c3ccccc3c2c1. The number of H-pyrrole nitrogens is 2. The number of benzene rings is 3. The van der Waals surface area contributed by atoms with Gasteiger partial charge < -0.3 is 9.97 Å². The van der Waals surface area contributed by atoms with Gasteiger partial charge in [-0.3, -0.25) is 0 Å². The summed E-state index contributed by atoms with van der Waals surface area (Å²) in [4.78, 5) is 6.81. The zero-order valence-corrected chi connectivity index (χ0v) is 19.7. The smallest absolute Gasteiger partial charge is 0.0465 e. The molecule has 164 valence electrons. The number of hydrogen-bond donors (Lipinski definition) is 2. The number of allylic oxidation sites excluding steroid dienone is 1. The van der Waals surface area contributed by atoms with Crippen LogP contribution < -0.4 is 0 Å². The number of nitrogens with one attached hydrogen (secondary N) is 2. The first-order valence-electron chi connectivity index (χ1n) is 11.6. The molecule has 0 unspecified atom stereocenters. The van der Waals surface area contributed by atoms with Gasteiger partial charge in [0.2, 0.25) is 0 Å². The third-order valence-corrected chi connectivity index (χ3v) is 5.42. The number of fused-ring (bicyclic) bond motifs is 4. The Morgan fingerprint density at radius 2 is 1.41 bits per heavy atom. The Hall–Kier alpha value is -3.52. The molecule has 2 heteroatoms. The molecule has 0 radical (unpaired) electrons. The maximum absolute atomic E-state index is 3.84. The van der Waals surface area contributed by atoms with Gasteiger partial charge >= 0.3 is 0 Å². The Kier molecular flexibility index (Phi) is 8.10. The summed E-state index contributed by atoms with van der Waals surface area (Å²) >= 11 is 0. The lowest BCUT2D eigenvalue weighted by Gasteiger charge is -1.98. The largest absolute Gasteiger partial charge is 0.355 e. The number of hydrogen-bond acceptors (Lipinski definition) is 0. The summed E-state index contributed by atoms with van der Waals surface area (Å²) in [6, 6.07) is 23.5. The van der Waals surface area contributed by atoms with Crippen LogP contribution >= 0.6 is 0 Å². The maximum atomic E-state index is 3.84. The molecule has 0 spiro atoms. The van der Waals surface area contributed by atoms with Crippen LogP contribution in [0.2, 0.25) is 0 Å². The van der Waals surface area contributed by atoms with Crippen molar-refractivity contribution in [1.82, 2.24) is 9.97 Å². The molecule has 0 aliphatic carbocycles. The Balaban J connectivity index is 0.000000169. The average molecular weight is 423 g/mol. The summed E-state index contributed by atoms with van der Waals surface area (Å²) in [6.45, 7) is 12.1. The molecule has 0 saturated carbocycles. The molecule has 0 saturated heterocycles. The van der Waals surface area contributed by atoms with E-state index in [0.717, 1.165) is 17.6 Å². The van der Waals surface area contributed by atoms with E-state index < -0.39 is 0 Å². The van der Waals surface area contributed by atoms with E-state index in [1.165, 1.54) is 44.7 Å². The number of aromatic nitrogens is 2. The predicted molar refractivity (Wildman–Crippen MR) is 144 cm³/mol. The van der Waals surface area contributed by atoms with Crippen molar-refractivity contribution < 1.29 is 0 Å². The molecule has 0 bridgehead atoms. The molecular formula is C30H34N2. The fourth-order valence-corrected chi connectivity index (χ4v) is 4.04. The fraction of sp³-hybridized carbons (Fsp3) is 0.200. The molecule has 2 aromatic heterocycles. The first-order valence-corrected chi connectivity index (χ1v) is 11.6. The van der Waals surface area contributed by atoms with Gasteiger partial charge in [0.15, 0.2) is 0 Å². The van der Waals surface area contributed by atoms with Gasteiger partial charge in [-0.1, -0.05) is 88.4 Å². The molecule has 2 nitrogen and oxygen atoms in total. The third-order valence-electron chi connectivity index (χ3n) is 5.42. The van der Waals surface area contributed by atoms with E-state index in [4.69, 9.17) is 0 Å². The van der Waals surface area contributed by atoms with Crippen molar-refractivity contribution in [1.29, 1.82) is 0 Å². The standard InChI is InChI=1S/C15H15N.C13H13N.C2H6/c1-2-5-11-8-9-15-13(10-11)12-6-3-4-7-14(12)16-15;1-3-7-12-10(4-2)11-8-5-6-9-13(11)14-12;1-2/h3-4,6-10,16H,2,5H2,1H3;3-9,14H,2H2,1H3;1-2H3/b;7-3-;. The number of aromatic amines is 2. The van der Waals surface area contributed by atoms with Crippen LogP contribution in [-0.4, -0.2) is 9.97 Å². The van der Waals surface area contributed by atoms with Crippen LogP contribution in [0.4, 0.5) is 0 Å². The summed E-state index contributed by atoms with van der Waals surface area (Å²) in [7, 11) is 0. The van der Waals surface area contributed by atoms with E-state index in [0.29, 0.717) is 0 Å². The topological polar surface area (TPSA) is 31.6 Å². The minimum Gasteiger partial charge on any atom is -0.355 e. The summed E-state index contributed by atoms with van der Waals surface area (Å²) in [6.07, 6.45) is 8.35. The normalized spacial score (nSPS) is 10.8. The maximum Gasteiger partial charge on any atom is 0.0465 e. The first kappa shape index (κ1) is 23.1. The summed E-state index contributed by atoms with van der Waals surface area (Å²) in [5, 5.41) is 3.91. The van der Waals surface area contributed by atoms with Crippen LogP contribution in [-0.2, 0) is 6.42 Å². The zero-order valence-electron chi connectivity index (χ0n) is 19.7. The van der Waals surface area contributed by atoms with Gasteiger partial charge in [-0.15, -0.1) is 0 Å². The molecular weight excluding hydrogens is 388 g/mol. The molecule has 0 aliphatic heterocycles. The third kappa shape index (κ3) is 4.86. The van der Waals surface area contributed by atoms with Gasteiger partial charge in [0.05, 0.1) is 0 Å². The second kappa shape index (κ2) is 11.2. The van der Waals surface area contributed by atoms with Crippen LogP contribution in [0.5, 0.6) is 0 Å². The van der Waals surface area contributed by atoms with E-state index in [1.54, 1.807) is 0 Å². The van der Waals surface area contributed by atoms with Crippen LogP contribution in [0, 0.1) is 0 Å².